The SMILES string of the molecule is CC(=O)[O-].CCCCCCCCC[N+](C)(C)C. The number of carboxylic acids is 1. The Morgan fingerprint density at radius 3 is 1.65 bits per heavy atom. The van der Waals surface area contributed by atoms with Crippen molar-refractivity contribution in [3.05, 3.63) is 0 Å². The third-order valence-electron chi connectivity index (χ3n) is 2.43. The molecule has 3 heteroatoms. The molecule has 0 aliphatic rings. The van der Waals surface area contributed by atoms with Crippen LogP contribution in [-0.4, -0.2) is 38.1 Å². The molecule has 0 aliphatic heterocycles. The molecule has 0 atom stereocenters. The highest BCUT2D eigenvalue weighted by atomic mass is 16.4. The molecule has 0 N–H and O–H groups in total. The monoisotopic (exact) mass is 245 g/mol. The molecule has 0 unspecified atom stereocenters. The van der Waals surface area contributed by atoms with Gasteiger partial charge in [0.1, 0.15) is 0 Å². The van der Waals surface area contributed by atoms with Gasteiger partial charge >= 0.3 is 0 Å². The van der Waals surface area contributed by atoms with Crippen LogP contribution < -0.4 is 5.11 Å². The molecule has 0 aromatic rings. The molecule has 0 bridgehead atoms. The Hall–Kier alpha value is -0.570. The summed E-state index contributed by atoms with van der Waals surface area (Å²) in [7, 11) is 6.82. The zero-order chi connectivity index (χ0) is 13.7. The number of carbonyl (C=O) groups is 1. The third-order valence-corrected chi connectivity index (χ3v) is 2.43. The fourth-order valence-corrected chi connectivity index (χ4v) is 1.54. The second-order valence-corrected chi connectivity index (χ2v) is 5.63. The van der Waals surface area contributed by atoms with E-state index in [9.17, 15) is 0 Å². The predicted molar refractivity (Wildman–Crippen MR) is 71.6 cm³/mol. The summed E-state index contributed by atoms with van der Waals surface area (Å²) >= 11 is 0. The van der Waals surface area contributed by atoms with Gasteiger partial charge in [0, 0.05) is 5.97 Å². The van der Waals surface area contributed by atoms with E-state index in [1.54, 1.807) is 0 Å². The average molecular weight is 245 g/mol. The van der Waals surface area contributed by atoms with E-state index in [1.165, 1.54) is 51.5 Å². The number of nitrogens with zero attached hydrogens (tertiary/aromatic N) is 1. The highest BCUT2D eigenvalue weighted by molar-refractivity contribution is 5.60. The van der Waals surface area contributed by atoms with Crippen LogP contribution in [0.4, 0.5) is 0 Å². The molecule has 0 saturated heterocycles. The van der Waals surface area contributed by atoms with Crippen LogP contribution in [0.5, 0.6) is 0 Å². The van der Waals surface area contributed by atoms with E-state index in [2.05, 4.69) is 28.1 Å². The van der Waals surface area contributed by atoms with Gasteiger partial charge in [-0.3, -0.25) is 0 Å². The lowest BCUT2D eigenvalue weighted by molar-refractivity contribution is -0.870. The highest BCUT2D eigenvalue weighted by Gasteiger charge is 2.04. The predicted octanol–water partition coefficient (Wildman–Crippen LogP) is 2.20. The second kappa shape index (κ2) is 11.9. The Bertz CT molecular complexity index is 170. The number of aliphatic carboxylic acids is 1. The Kier molecular flexibility index (Phi) is 13.2. The fourth-order valence-electron chi connectivity index (χ4n) is 1.54. The van der Waals surface area contributed by atoms with Crippen molar-refractivity contribution in [2.24, 2.45) is 0 Å². The van der Waals surface area contributed by atoms with Gasteiger partial charge in [-0.1, -0.05) is 39.0 Å². The maximum Gasteiger partial charge on any atom is 0.0780 e. The summed E-state index contributed by atoms with van der Waals surface area (Å²) in [5.41, 5.74) is 0. The van der Waals surface area contributed by atoms with Gasteiger partial charge in [0.15, 0.2) is 0 Å². The number of rotatable bonds is 8. The minimum atomic E-state index is -1.08. The molecular formula is C14H31NO2. The van der Waals surface area contributed by atoms with Crippen molar-refractivity contribution in [1.29, 1.82) is 0 Å². The first-order valence-corrected chi connectivity index (χ1v) is 6.77. The summed E-state index contributed by atoms with van der Waals surface area (Å²) in [6.07, 6.45) is 9.95. The summed E-state index contributed by atoms with van der Waals surface area (Å²) in [5.74, 6) is -1.08. The van der Waals surface area contributed by atoms with E-state index >= 15 is 0 Å². The Labute approximate surface area is 107 Å². The van der Waals surface area contributed by atoms with Gasteiger partial charge < -0.3 is 14.4 Å². The maximum atomic E-state index is 8.89. The molecule has 104 valence electrons. The van der Waals surface area contributed by atoms with Crippen molar-refractivity contribution in [3.8, 4) is 0 Å². The zero-order valence-electron chi connectivity index (χ0n) is 12.4. The van der Waals surface area contributed by atoms with Crippen molar-refractivity contribution in [3.63, 3.8) is 0 Å². The van der Waals surface area contributed by atoms with Gasteiger partial charge in [-0.2, -0.15) is 0 Å². The maximum absolute atomic E-state index is 8.89. The molecule has 0 rings (SSSR count). The van der Waals surface area contributed by atoms with Gasteiger partial charge in [-0.15, -0.1) is 0 Å². The van der Waals surface area contributed by atoms with E-state index in [1.807, 2.05) is 0 Å². The van der Waals surface area contributed by atoms with Crippen molar-refractivity contribution < 1.29 is 14.4 Å². The van der Waals surface area contributed by atoms with Crippen molar-refractivity contribution in [1.82, 2.24) is 0 Å². The number of hydrogen-bond donors (Lipinski definition) is 0. The molecule has 0 fully saturated rings. The Balaban J connectivity index is 0. The molecule has 3 nitrogen and oxygen atoms in total. The molecule has 0 aliphatic carbocycles. The van der Waals surface area contributed by atoms with Gasteiger partial charge in [-0.25, -0.2) is 0 Å². The number of carboxylic acid groups (broad SMARTS) is 1. The van der Waals surface area contributed by atoms with Gasteiger partial charge in [-0.05, 0) is 19.8 Å². The van der Waals surface area contributed by atoms with Crippen molar-refractivity contribution >= 4 is 5.97 Å². The van der Waals surface area contributed by atoms with Crippen molar-refractivity contribution in [2.75, 3.05) is 27.7 Å². The van der Waals surface area contributed by atoms with Crippen LogP contribution in [-0.2, 0) is 4.79 Å². The number of hydrogen-bond acceptors (Lipinski definition) is 2. The minimum Gasteiger partial charge on any atom is -0.550 e. The third kappa shape index (κ3) is 31.3. The van der Waals surface area contributed by atoms with E-state index in [0.29, 0.717) is 0 Å². The molecule has 0 spiro atoms. The lowest BCUT2D eigenvalue weighted by atomic mass is 10.1. The average Bonchev–Trinajstić information content (AvgIpc) is 2.14. The summed E-state index contributed by atoms with van der Waals surface area (Å²) in [6.45, 7) is 4.57. The molecule has 0 heterocycles. The smallest absolute Gasteiger partial charge is 0.0780 e. The number of carbonyl (C=O) groups excluding carboxylic acids is 1. The summed E-state index contributed by atoms with van der Waals surface area (Å²) < 4.78 is 1.12. The Morgan fingerprint density at radius 2 is 1.29 bits per heavy atom. The van der Waals surface area contributed by atoms with E-state index in [0.717, 1.165) is 11.4 Å². The summed E-state index contributed by atoms with van der Waals surface area (Å²) in [4.78, 5) is 8.89. The first-order valence-electron chi connectivity index (χ1n) is 6.77. The molecule has 0 amide bonds. The van der Waals surface area contributed by atoms with Crippen LogP contribution in [0.15, 0.2) is 0 Å². The van der Waals surface area contributed by atoms with Gasteiger partial charge in [0.2, 0.25) is 0 Å². The lowest BCUT2D eigenvalue weighted by Crippen LogP contribution is -2.35. The van der Waals surface area contributed by atoms with E-state index in [-0.39, 0.29) is 0 Å². The number of unbranched alkanes of at least 4 members (excludes halogenated alkanes) is 6. The highest BCUT2D eigenvalue weighted by Crippen LogP contribution is 2.07. The Morgan fingerprint density at radius 1 is 0.941 bits per heavy atom. The fraction of sp³-hybridized carbons (Fsp3) is 0.929. The molecular weight excluding hydrogens is 214 g/mol. The molecule has 17 heavy (non-hydrogen) atoms. The van der Waals surface area contributed by atoms with Gasteiger partial charge in [0.25, 0.3) is 0 Å². The zero-order valence-corrected chi connectivity index (χ0v) is 12.4. The second-order valence-electron chi connectivity index (χ2n) is 5.63. The van der Waals surface area contributed by atoms with Crippen LogP contribution in [0, 0.1) is 0 Å². The van der Waals surface area contributed by atoms with Crippen LogP contribution in [0.2, 0.25) is 0 Å². The first kappa shape index (κ1) is 18.8. The quantitative estimate of drug-likeness (QED) is 0.486. The normalized spacial score (nSPS) is 10.6. The molecule has 0 radical (unpaired) electrons. The lowest BCUT2D eigenvalue weighted by Gasteiger charge is -2.23. The van der Waals surface area contributed by atoms with Crippen LogP contribution >= 0.6 is 0 Å². The largest absolute Gasteiger partial charge is 0.550 e. The molecule has 0 saturated carbocycles. The molecule has 0 aromatic carbocycles. The first-order chi connectivity index (χ1) is 7.79. The van der Waals surface area contributed by atoms with E-state index in [4.69, 9.17) is 9.90 Å². The van der Waals surface area contributed by atoms with Crippen LogP contribution in [0.25, 0.3) is 0 Å². The van der Waals surface area contributed by atoms with Crippen LogP contribution in [0.3, 0.4) is 0 Å². The van der Waals surface area contributed by atoms with Gasteiger partial charge in [0.05, 0.1) is 27.7 Å². The van der Waals surface area contributed by atoms with Crippen molar-refractivity contribution in [2.45, 2.75) is 58.8 Å². The summed E-state index contributed by atoms with van der Waals surface area (Å²) in [5, 5.41) is 8.89. The minimum absolute atomic E-state index is 0.972. The summed E-state index contributed by atoms with van der Waals surface area (Å²) in [6, 6.07) is 0. The topological polar surface area (TPSA) is 40.1 Å². The van der Waals surface area contributed by atoms with E-state index < -0.39 is 5.97 Å². The number of quaternary nitrogens is 1. The van der Waals surface area contributed by atoms with Crippen LogP contribution in [0.1, 0.15) is 58.8 Å². The standard InChI is InChI=1S/C12H28N.C2H4O2/c1-5-6-7-8-9-10-11-12-13(2,3)4;1-2(3)4/h5-12H2,1-4H3;1H3,(H,3,4)/q+1;/p-1. The molecule has 0 aromatic heterocycles.